The van der Waals surface area contributed by atoms with Crippen molar-refractivity contribution in [2.24, 2.45) is 0 Å². The molecule has 8 heteroatoms. The molecule has 0 amide bonds. The van der Waals surface area contributed by atoms with Gasteiger partial charge in [0.25, 0.3) is 0 Å². The summed E-state index contributed by atoms with van der Waals surface area (Å²) in [7, 11) is 0. The summed E-state index contributed by atoms with van der Waals surface area (Å²) in [5, 5.41) is 20.4. The van der Waals surface area contributed by atoms with E-state index >= 15 is 0 Å². The number of unbranched alkanes of at least 4 members (excludes halogenated alkanes) is 14. The monoisotopic (exact) mass is 683 g/mol. The van der Waals surface area contributed by atoms with Crippen molar-refractivity contribution >= 4 is 11.9 Å². The highest BCUT2D eigenvalue weighted by molar-refractivity contribution is 5.70. The fraction of sp³-hybridized carbons (Fsp3) is 0.950. The van der Waals surface area contributed by atoms with E-state index in [1.54, 1.807) is 0 Å². The van der Waals surface area contributed by atoms with E-state index in [0.29, 0.717) is 31.5 Å². The molecule has 282 valence electrons. The van der Waals surface area contributed by atoms with Crippen LogP contribution in [0.2, 0.25) is 0 Å². The summed E-state index contributed by atoms with van der Waals surface area (Å²) in [5.74, 6) is -0.421. The number of aliphatic hydroxyl groups excluding tert-OH is 2. The van der Waals surface area contributed by atoms with Gasteiger partial charge in [0, 0.05) is 25.7 Å². The second-order valence-corrected chi connectivity index (χ2v) is 14.7. The molecule has 0 aromatic rings. The van der Waals surface area contributed by atoms with Crippen molar-refractivity contribution in [1.82, 2.24) is 0 Å². The van der Waals surface area contributed by atoms with E-state index in [2.05, 4.69) is 13.8 Å². The first-order chi connectivity index (χ1) is 23.4. The molecule has 0 aromatic carbocycles. The Morgan fingerprint density at radius 2 is 1.00 bits per heavy atom. The van der Waals surface area contributed by atoms with Gasteiger partial charge in [0.05, 0.1) is 36.6 Å². The molecule has 7 unspecified atom stereocenters. The number of hydrogen-bond donors (Lipinski definition) is 2. The molecule has 0 aromatic heterocycles. The first kappa shape index (κ1) is 42.9. The number of rotatable bonds is 34. The van der Waals surface area contributed by atoms with E-state index in [1.165, 1.54) is 38.5 Å². The Morgan fingerprint density at radius 3 is 1.48 bits per heavy atom. The van der Waals surface area contributed by atoms with Gasteiger partial charge in [-0.05, 0) is 44.9 Å². The molecule has 0 radical (unpaired) electrons. The molecule has 2 fully saturated rings. The van der Waals surface area contributed by atoms with E-state index < -0.39 is 0 Å². The van der Waals surface area contributed by atoms with Crippen LogP contribution in [0, 0.1) is 0 Å². The second kappa shape index (κ2) is 27.5. The number of epoxide rings is 2. The smallest absolute Gasteiger partial charge is 0.306 e. The maximum atomic E-state index is 12.3. The Balaban J connectivity index is 1.35. The predicted molar refractivity (Wildman–Crippen MR) is 192 cm³/mol. The van der Waals surface area contributed by atoms with Gasteiger partial charge in [-0.3, -0.25) is 9.59 Å². The molecule has 0 saturated carbocycles. The molecule has 0 aliphatic carbocycles. The quantitative estimate of drug-likeness (QED) is 0.0392. The summed E-state index contributed by atoms with van der Waals surface area (Å²) in [5.41, 5.74) is 0. The molecule has 0 bridgehead atoms. The maximum Gasteiger partial charge on any atom is 0.306 e. The molecule has 2 heterocycles. The van der Waals surface area contributed by atoms with Crippen LogP contribution in [0.25, 0.3) is 0 Å². The van der Waals surface area contributed by atoms with Gasteiger partial charge >= 0.3 is 11.9 Å². The number of esters is 2. The summed E-state index contributed by atoms with van der Waals surface area (Å²) in [6.45, 7) is 6.49. The van der Waals surface area contributed by atoms with Gasteiger partial charge in [-0.15, -0.1) is 0 Å². The van der Waals surface area contributed by atoms with Crippen LogP contribution in [-0.2, 0) is 28.5 Å². The molecular formula is C40H74O8. The molecule has 2 aliphatic rings. The minimum absolute atomic E-state index is 0.136. The van der Waals surface area contributed by atoms with Crippen LogP contribution in [0.15, 0.2) is 0 Å². The first-order valence-corrected chi connectivity index (χ1v) is 20.4. The van der Waals surface area contributed by atoms with Gasteiger partial charge in [0.15, 0.2) is 0 Å². The summed E-state index contributed by atoms with van der Waals surface area (Å²) in [6, 6.07) is 0. The normalized spacial score (nSPS) is 21.9. The lowest BCUT2D eigenvalue weighted by Gasteiger charge is -2.16. The van der Waals surface area contributed by atoms with E-state index in [4.69, 9.17) is 18.9 Å². The van der Waals surface area contributed by atoms with Gasteiger partial charge in [0.2, 0.25) is 0 Å². The highest BCUT2D eigenvalue weighted by Crippen LogP contribution is 2.33. The molecule has 2 N–H and O–H groups in total. The van der Waals surface area contributed by atoms with Gasteiger partial charge < -0.3 is 29.2 Å². The molecule has 8 nitrogen and oxygen atoms in total. The third-order valence-corrected chi connectivity index (χ3v) is 10.1. The minimum atomic E-state index is -0.376. The van der Waals surface area contributed by atoms with Crippen LogP contribution < -0.4 is 0 Å². The lowest BCUT2D eigenvalue weighted by atomic mass is 10.0. The van der Waals surface area contributed by atoms with E-state index in [9.17, 15) is 19.8 Å². The summed E-state index contributed by atoms with van der Waals surface area (Å²) in [6.07, 6.45) is 27.2. The summed E-state index contributed by atoms with van der Waals surface area (Å²) >= 11 is 0. The summed E-state index contributed by atoms with van der Waals surface area (Å²) < 4.78 is 22.5. The van der Waals surface area contributed by atoms with Crippen molar-refractivity contribution in [2.75, 3.05) is 6.61 Å². The van der Waals surface area contributed by atoms with Crippen molar-refractivity contribution in [3.05, 3.63) is 0 Å². The van der Waals surface area contributed by atoms with Crippen LogP contribution in [0.3, 0.4) is 0 Å². The zero-order valence-corrected chi connectivity index (χ0v) is 31.2. The molecule has 0 spiro atoms. The molecular weight excluding hydrogens is 608 g/mol. The molecule has 7 atom stereocenters. The standard InChI is InChI=1S/C40H74O8/c1-4-7-9-17-23-32(41)29-37-35(47-37)25-19-13-11-15-21-27-39(43)45-31-34(6-3)46-40(44)28-22-16-12-14-20-26-36-38(48-36)30-33(42)24-18-10-8-5-2/h32-38,41-42H,4-31H2,1-3H3. The zero-order chi connectivity index (χ0) is 34.8. The van der Waals surface area contributed by atoms with E-state index in [1.807, 2.05) is 6.92 Å². The van der Waals surface area contributed by atoms with Crippen LogP contribution in [0.5, 0.6) is 0 Å². The Hall–Kier alpha value is -1.22. The lowest BCUT2D eigenvalue weighted by molar-refractivity contribution is -0.159. The van der Waals surface area contributed by atoms with E-state index in [0.717, 1.165) is 116 Å². The Morgan fingerprint density at radius 1 is 0.562 bits per heavy atom. The number of ether oxygens (including phenoxy) is 4. The lowest BCUT2D eigenvalue weighted by Crippen LogP contribution is -2.24. The Bertz CT molecular complexity index is 806. The van der Waals surface area contributed by atoms with Crippen molar-refractivity contribution in [3.8, 4) is 0 Å². The molecule has 2 rings (SSSR count). The predicted octanol–water partition coefficient (Wildman–Crippen LogP) is 9.29. The van der Waals surface area contributed by atoms with Gasteiger partial charge in [0.1, 0.15) is 12.7 Å². The largest absolute Gasteiger partial charge is 0.462 e. The minimum Gasteiger partial charge on any atom is -0.462 e. The number of carbonyl (C=O) groups excluding carboxylic acids is 2. The fourth-order valence-corrected chi connectivity index (χ4v) is 6.69. The fourth-order valence-electron chi connectivity index (χ4n) is 6.69. The van der Waals surface area contributed by atoms with Crippen LogP contribution in [-0.4, -0.2) is 71.5 Å². The van der Waals surface area contributed by atoms with Gasteiger partial charge in [-0.2, -0.15) is 0 Å². The first-order valence-electron chi connectivity index (χ1n) is 20.4. The van der Waals surface area contributed by atoms with Crippen molar-refractivity contribution in [2.45, 2.75) is 237 Å². The Kier molecular flexibility index (Phi) is 24.6. The van der Waals surface area contributed by atoms with E-state index in [-0.39, 0.29) is 49.1 Å². The third kappa shape index (κ3) is 22.5. The maximum absolute atomic E-state index is 12.3. The van der Waals surface area contributed by atoms with Crippen molar-refractivity contribution < 1.29 is 38.7 Å². The average Bonchev–Trinajstić information content (AvgIpc) is 3.99. The number of aliphatic hydroxyl groups is 2. The highest BCUT2D eigenvalue weighted by atomic mass is 16.6. The average molecular weight is 683 g/mol. The molecule has 2 aliphatic heterocycles. The molecule has 48 heavy (non-hydrogen) atoms. The molecule has 2 saturated heterocycles. The second-order valence-electron chi connectivity index (χ2n) is 14.7. The van der Waals surface area contributed by atoms with Crippen LogP contribution in [0.4, 0.5) is 0 Å². The van der Waals surface area contributed by atoms with Gasteiger partial charge in [-0.1, -0.05) is 124 Å². The van der Waals surface area contributed by atoms with Crippen LogP contribution in [0.1, 0.15) is 194 Å². The van der Waals surface area contributed by atoms with Crippen molar-refractivity contribution in [3.63, 3.8) is 0 Å². The number of hydrogen-bond acceptors (Lipinski definition) is 8. The highest BCUT2D eigenvalue weighted by Gasteiger charge is 2.39. The number of carbonyl (C=O) groups is 2. The third-order valence-electron chi connectivity index (χ3n) is 10.1. The van der Waals surface area contributed by atoms with Crippen molar-refractivity contribution in [1.29, 1.82) is 0 Å². The zero-order valence-electron chi connectivity index (χ0n) is 31.2. The van der Waals surface area contributed by atoms with Crippen LogP contribution >= 0.6 is 0 Å². The van der Waals surface area contributed by atoms with Gasteiger partial charge in [-0.25, -0.2) is 0 Å². The Labute approximate surface area is 293 Å². The summed E-state index contributed by atoms with van der Waals surface area (Å²) in [4.78, 5) is 24.5. The SMILES string of the molecule is CCCCCCC(O)CC1OC1CCCCCCCC(=O)OCC(CC)OC(=O)CCCCCCCC1OC1CC(O)CCCCCC. The topological polar surface area (TPSA) is 118 Å².